The quantitative estimate of drug-likeness (QED) is 0.835. The van der Waals surface area contributed by atoms with Crippen molar-refractivity contribution in [1.82, 2.24) is 10.2 Å². The van der Waals surface area contributed by atoms with E-state index in [0.717, 1.165) is 24.6 Å². The Morgan fingerprint density at radius 2 is 1.90 bits per heavy atom. The van der Waals surface area contributed by atoms with Crippen molar-refractivity contribution in [3.05, 3.63) is 29.8 Å². The van der Waals surface area contributed by atoms with Crippen LogP contribution in [0.3, 0.4) is 0 Å². The van der Waals surface area contributed by atoms with E-state index in [0.29, 0.717) is 6.04 Å². The lowest BCUT2D eigenvalue weighted by molar-refractivity contribution is 0.139. The van der Waals surface area contributed by atoms with E-state index in [2.05, 4.69) is 48.3 Å². The Morgan fingerprint density at radius 3 is 2.48 bits per heavy atom. The van der Waals surface area contributed by atoms with Gasteiger partial charge in [-0.3, -0.25) is 0 Å². The van der Waals surface area contributed by atoms with Gasteiger partial charge in [0.15, 0.2) is 0 Å². The number of nitrogens with one attached hydrogen (secondary N) is 1. The third kappa shape index (κ3) is 5.01. The van der Waals surface area contributed by atoms with Gasteiger partial charge in [0.05, 0.1) is 7.11 Å². The van der Waals surface area contributed by atoms with Crippen LogP contribution in [0.25, 0.3) is 0 Å². The van der Waals surface area contributed by atoms with Gasteiger partial charge in [-0.15, -0.1) is 0 Å². The molecule has 21 heavy (non-hydrogen) atoms. The van der Waals surface area contributed by atoms with E-state index in [1.54, 1.807) is 7.11 Å². The molecule has 0 aliphatic carbocycles. The van der Waals surface area contributed by atoms with Gasteiger partial charge in [-0.1, -0.05) is 19.1 Å². The summed E-state index contributed by atoms with van der Waals surface area (Å²) < 4.78 is 5.22. The summed E-state index contributed by atoms with van der Waals surface area (Å²) in [6.45, 7) is 9.31. The minimum absolute atomic E-state index is 0.624. The van der Waals surface area contributed by atoms with Gasteiger partial charge in [0, 0.05) is 6.04 Å². The predicted molar refractivity (Wildman–Crippen MR) is 89.0 cm³/mol. The molecule has 2 rings (SSSR count). The van der Waals surface area contributed by atoms with Crippen LogP contribution < -0.4 is 10.1 Å². The van der Waals surface area contributed by atoms with Crippen LogP contribution in [0, 0.1) is 5.92 Å². The highest BCUT2D eigenvalue weighted by atomic mass is 16.5. The molecular formula is C18H30N2O. The molecule has 1 heterocycles. The zero-order valence-electron chi connectivity index (χ0n) is 13.8. The predicted octanol–water partition coefficient (Wildman–Crippen LogP) is 2.95. The van der Waals surface area contributed by atoms with E-state index < -0.39 is 0 Å². The molecule has 0 spiro atoms. The number of likely N-dealkylation sites (tertiary alicyclic amines) is 1. The minimum atomic E-state index is 0.624. The first kappa shape index (κ1) is 16.3. The summed E-state index contributed by atoms with van der Waals surface area (Å²) >= 11 is 0. The van der Waals surface area contributed by atoms with Crippen LogP contribution in [0.15, 0.2) is 24.3 Å². The molecule has 0 aromatic heterocycles. The Hall–Kier alpha value is -1.06. The van der Waals surface area contributed by atoms with Crippen LogP contribution in [0.5, 0.6) is 5.75 Å². The summed E-state index contributed by atoms with van der Waals surface area (Å²) in [6.07, 6.45) is 3.79. The van der Waals surface area contributed by atoms with Crippen molar-refractivity contribution >= 4 is 0 Å². The summed E-state index contributed by atoms with van der Waals surface area (Å²) in [5, 5.41) is 3.48. The summed E-state index contributed by atoms with van der Waals surface area (Å²) in [4.78, 5) is 2.65. The van der Waals surface area contributed by atoms with Gasteiger partial charge in [-0.05, 0) is 76.0 Å². The second kappa shape index (κ2) is 8.40. The molecule has 3 heteroatoms. The Bertz CT molecular complexity index is 396. The van der Waals surface area contributed by atoms with Crippen LogP contribution in [0.2, 0.25) is 0 Å². The molecule has 1 aliphatic heterocycles. The zero-order chi connectivity index (χ0) is 15.1. The highest BCUT2D eigenvalue weighted by Crippen LogP contribution is 2.20. The van der Waals surface area contributed by atoms with E-state index in [1.807, 2.05) is 0 Å². The molecule has 1 aromatic rings. The van der Waals surface area contributed by atoms with E-state index >= 15 is 0 Å². The molecule has 1 saturated heterocycles. The van der Waals surface area contributed by atoms with E-state index in [1.165, 1.54) is 38.0 Å². The van der Waals surface area contributed by atoms with Crippen molar-refractivity contribution in [2.75, 3.05) is 33.3 Å². The van der Waals surface area contributed by atoms with Crippen LogP contribution >= 0.6 is 0 Å². The summed E-state index contributed by atoms with van der Waals surface area (Å²) in [7, 11) is 1.72. The zero-order valence-corrected chi connectivity index (χ0v) is 13.8. The Morgan fingerprint density at radius 1 is 1.24 bits per heavy atom. The normalized spacial score (nSPS) is 18.6. The van der Waals surface area contributed by atoms with Crippen LogP contribution in [0.4, 0.5) is 0 Å². The van der Waals surface area contributed by atoms with Crippen molar-refractivity contribution in [1.29, 1.82) is 0 Å². The topological polar surface area (TPSA) is 24.5 Å². The maximum atomic E-state index is 5.22. The lowest BCUT2D eigenvalue weighted by atomic mass is 9.94. The number of hydrogen-bond donors (Lipinski definition) is 1. The fraction of sp³-hybridized carbons (Fsp3) is 0.667. The number of ether oxygens (including phenoxy) is 1. The molecule has 1 aromatic carbocycles. The van der Waals surface area contributed by atoms with Crippen LogP contribution in [-0.2, 0) is 6.42 Å². The fourth-order valence-electron chi connectivity index (χ4n) is 3.18. The minimum Gasteiger partial charge on any atom is -0.497 e. The van der Waals surface area contributed by atoms with E-state index in [4.69, 9.17) is 4.74 Å². The highest BCUT2D eigenvalue weighted by Gasteiger charge is 2.22. The highest BCUT2D eigenvalue weighted by molar-refractivity contribution is 5.27. The summed E-state index contributed by atoms with van der Waals surface area (Å²) in [5.41, 5.74) is 1.40. The Balaban J connectivity index is 1.77. The first-order valence-electron chi connectivity index (χ1n) is 8.30. The fourth-order valence-corrected chi connectivity index (χ4v) is 3.18. The average Bonchev–Trinajstić information content (AvgIpc) is 2.54. The van der Waals surface area contributed by atoms with Gasteiger partial charge in [-0.25, -0.2) is 0 Å². The maximum absolute atomic E-state index is 5.22. The first-order valence-corrected chi connectivity index (χ1v) is 8.30. The largest absolute Gasteiger partial charge is 0.497 e. The number of benzene rings is 1. The molecule has 3 nitrogen and oxygen atoms in total. The Labute approximate surface area is 129 Å². The molecule has 118 valence electrons. The molecule has 0 saturated carbocycles. The third-order valence-electron chi connectivity index (χ3n) is 4.65. The molecule has 0 radical (unpaired) electrons. The monoisotopic (exact) mass is 290 g/mol. The van der Waals surface area contributed by atoms with E-state index in [9.17, 15) is 0 Å². The maximum Gasteiger partial charge on any atom is 0.118 e. The lowest BCUT2D eigenvalue weighted by Gasteiger charge is -2.36. The van der Waals surface area contributed by atoms with E-state index in [-0.39, 0.29) is 0 Å². The van der Waals surface area contributed by atoms with Gasteiger partial charge >= 0.3 is 0 Å². The molecule has 0 bridgehead atoms. The van der Waals surface area contributed by atoms with Gasteiger partial charge in [0.1, 0.15) is 5.75 Å². The third-order valence-corrected chi connectivity index (χ3v) is 4.65. The molecule has 1 aliphatic rings. The molecule has 0 amide bonds. The average molecular weight is 290 g/mol. The van der Waals surface area contributed by atoms with Crippen LogP contribution in [0.1, 0.15) is 32.3 Å². The smallest absolute Gasteiger partial charge is 0.118 e. The second-order valence-corrected chi connectivity index (χ2v) is 6.19. The standard InChI is InChI=1S/C18H30N2O/c1-4-19-14-17-9-11-20(12-10-17)15(2)13-16-5-7-18(21-3)8-6-16/h5-8,15,17,19H,4,9-14H2,1-3H3. The van der Waals surface area contributed by atoms with Crippen molar-refractivity contribution in [3.63, 3.8) is 0 Å². The lowest BCUT2D eigenvalue weighted by Crippen LogP contribution is -2.42. The molecular weight excluding hydrogens is 260 g/mol. The number of hydrogen-bond acceptors (Lipinski definition) is 3. The van der Waals surface area contributed by atoms with Crippen LogP contribution in [-0.4, -0.2) is 44.2 Å². The van der Waals surface area contributed by atoms with Crippen molar-refractivity contribution < 1.29 is 4.74 Å². The van der Waals surface area contributed by atoms with Crippen molar-refractivity contribution in [2.24, 2.45) is 5.92 Å². The number of methoxy groups -OCH3 is 1. The number of piperidine rings is 1. The van der Waals surface area contributed by atoms with Crippen molar-refractivity contribution in [2.45, 2.75) is 39.2 Å². The van der Waals surface area contributed by atoms with Crippen molar-refractivity contribution in [3.8, 4) is 5.75 Å². The Kier molecular flexibility index (Phi) is 6.52. The SMILES string of the molecule is CCNCC1CCN(C(C)Cc2ccc(OC)cc2)CC1. The van der Waals surface area contributed by atoms with Gasteiger partial charge in [-0.2, -0.15) is 0 Å². The molecule has 1 N–H and O–H groups in total. The summed E-state index contributed by atoms with van der Waals surface area (Å²) in [5.74, 6) is 1.81. The second-order valence-electron chi connectivity index (χ2n) is 6.19. The molecule has 1 fully saturated rings. The van der Waals surface area contributed by atoms with Gasteiger partial charge < -0.3 is 15.0 Å². The van der Waals surface area contributed by atoms with Gasteiger partial charge in [0.25, 0.3) is 0 Å². The number of rotatable bonds is 7. The molecule has 1 atom stereocenters. The number of nitrogens with zero attached hydrogens (tertiary/aromatic N) is 1. The first-order chi connectivity index (χ1) is 10.2. The summed E-state index contributed by atoms with van der Waals surface area (Å²) in [6, 6.07) is 9.12. The van der Waals surface area contributed by atoms with Gasteiger partial charge in [0.2, 0.25) is 0 Å². The molecule has 1 unspecified atom stereocenters.